The number of amides is 1. The summed E-state index contributed by atoms with van der Waals surface area (Å²) >= 11 is 0. The Morgan fingerprint density at radius 2 is 2.19 bits per heavy atom. The topological polar surface area (TPSA) is 44.1 Å². The van der Waals surface area contributed by atoms with Crippen LogP contribution in [0.4, 0.5) is 0 Å². The Morgan fingerprint density at radius 1 is 1.44 bits per heavy atom. The van der Waals surface area contributed by atoms with Gasteiger partial charge in [-0.2, -0.15) is 5.26 Å². The summed E-state index contributed by atoms with van der Waals surface area (Å²) in [7, 11) is 0. The van der Waals surface area contributed by atoms with Gasteiger partial charge in [0.05, 0.1) is 0 Å². The van der Waals surface area contributed by atoms with Crippen LogP contribution in [0.5, 0.6) is 0 Å². The van der Waals surface area contributed by atoms with Gasteiger partial charge in [0.1, 0.15) is 11.6 Å². The Morgan fingerprint density at radius 3 is 2.75 bits per heavy atom. The zero-order valence-electron chi connectivity index (χ0n) is 9.78. The molecule has 1 amide bonds. The molecular weight excluding hydrogens is 200 g/mol. The zero-order valence-corrected chi connectivity index (χ0v) is 9.78. The quantitative estimate of drug-likeness (QED) is 0.526. The van der Waals surface area contributed by atoms with Gasteiger partial charge in [-0.25, -0.2) is 0 Å². The average Bonchev–Trinajstić information content (AvgIpc) is 3.09. The molecule has 86 valence electrons. The van der Waals surface area contributed by atoms with Crippen LogP contribution in [0, 0.1) is 23.2 Å². The van der Waals surface area contributed by atoms with Crippen LogP contribution in [0.2, 0.25) is 0 Å². The molecule has 1 atom stereocenters. The van der Waals surface area contributed by atoms with Gasteiger partial charge in [0, 0.05) is 13.1 Å². The third kappa shape index (κ3) is 2.63. The van der Waals surface area contributed by atoms with E-state index in [9.17, 15) is 4.79 Å². The first kappa shape index (κ1) is 11.2. The number of allylic oxidation sites excluding steroid dienone is 1. The maximum Gasteiger partial charge on any atom is 0.264 e. The highest BCUT2D eigenvalue weighted by Gasteiger charge is 2.26. The van der Waals surface area contributed by atoms with E-state index in [1.807, 2.05) is 11.0 Å². The van der Waals surface area contributed by atoms with Gasteiger partial charge < -0.3 is 4.90 Å². The number of carbonyl (C=O) groups is 1. The minimum absolute atomic E-state index is 0.0547. The monoisotopic (exact) mass is 218 g/mol. The molecule has 0 N–H and O–H groups in total. The van der Waals surface area contributed by atoms with Crippen molar-refractivity contribution in [2.45, 2.75) is 32.6 Å². The molecule has 2 rings (SSSR count). The summed E-state index contributed by atoms with van der Waals surface area (Å²) in [5, 5.41) is 9.00. The van der Waals surface area contributed by atoms with Crippen molar-refractivity contribution < 1.29 is 4.79 Å². The Kier molecular flexibility index (Phi) is 3.28. The SMILES string of the molecule is CC1CCCN(C(=O)/C(C#N)=C/C2CC2)C1. The van der Waals surface area contributed by atoms with Crippen LogP contribution in [0.1, 0.15) is 32.6 Å². The van der Waals surface area contributed by atoms with Crippen molar-refractivity contribution in [3.63, 3.8) is 0 Å². The van der Waals surface area contributed by atoms with Gasteiger partial charge in [-0.05, 0) is 37.5 Å². The Bertz CT molecular complexity index is 349. The number of likely N-dealkylation sites (tertiary alicyclic amines) is 1. The molecule has 0 aromatic carbocycles. The normalized spacial score (nSPS) is 26.4. The molecule has 1 saturated carbocycles. The van der Waals surface area contributed by atoms with Crippen molar-refractivity contribution in [1.29, 1.82) is 5.26 Å². The molecule has 3 heteroatoms. The first-order valence-corrected chi connectivity index (χ1v) is 6.12. The highest BCUT2D eigenvalue weighted by Crippen LogP contribution is 2.31. The summed E-state index contributed by atoms with van der Waals surface area (Å²) < 4.78 is 0. The molecule has 2 aliphatic rings. The lowest BCUT2D eigenvalue weighted by Gasteiger charge is -2.30. The minimum Gasteiger partial charge on any atom is -0.338 e. The van der Waals surface area contributed by atoms with E-state index >= 15 is 0 Å². The van der Waals surface area contributed by atoms with Crippen LogP contribution in [-0.4, -0.2) is 23.9 Å². The number of hydrogen-bond acceptors (Lipinski definition) is 2. The van der Waals surface area contributed by atoms with Gasteiger partial charge in [0.15, 0.2) is 0 Å². The number of nitrogens with zero attached hydrogens (tertiary/aromatic N) is 2. The highest BCUT2D eigenvalue weighted by atomic mass is 16.2. The molecule has 0 radical (unpaired) electrons. The summed E-state index contributed by atoms with van der Waals surface area (Å²) in [6.45, 7) is 3.78. The first-order chi connectivity index (χ1) is 7.70. The maximum atomic E-state index is 12.1. The van der Waals surface area contributed by atoms with Crippen LogP contribution in [0.3, 0.4) is 0 Å². The predicted octanol–water partition coefficient (Wildman–Crippen LogP) is 2.10. The summed E-state index contributed by atoms with van der Waals surface area (Å²) in [6.07, 6.45) is 6.39. The Labute approximate surface area is 96.7 Å². The van der Waals surface area contributed by atoms with Gasteiger partial charge in [-0.1, -0.05) is 13.0 Å². The van der Waals surface area contributed by atoms with Crippen molar-refractivity contribution in [2.24, 2.45) is 11.8 Å². The molecule has 0 aromatic heterocycles. The number of rotatable bonds is 2. The molecule has 1 aliphatic heterocycles. The number of hydrogen-bond donors (Lipinski definition) is 0. The summed E-state index contributed by atoms with van der Waals surface area (Å²) in [6, 6.07) is 2.06. The third-order valence-corrected chi connectivity index (χ3v) is 3.32. The van der Waals surface area contributed by atoms with Gasteiger partial charge in [0.2, 0.25) is 0 Å². The van der Waals surface area contributed by atoms with Crippen molar-refractivity contribution in [2.75, 3.05) is 13.1 Å². The van der Waals surface area contributed by atoms with Gasteiger partial charge in [-0.3, -0.25) is 4.79 Å². The third-order valence-electron chi connectivity index (χ3n) is 3.32. The second-order valence-corrected chi connectivity index (χ2v) is 5.03. The maximum absolute atomic E-state index is 12.1. The lowest BCUT2D eigenvalue weighted by Crippen LogP contribution is -2.39. The zero-order chi connectivity index (χ0) is 11.5. The van der Waals surface area contributed by atoms with Crippen molar-refractivity contribution in [3.05, 3.63) is 11.6 Å². The molecule has 1 aliphatic carbocycles. The van der Waals surface area contributed by atoms with E-state index in [1.54, 1.807) is 0 Å². The van der Waals surface area contributed by atoms with E-state index in [-0.39, 0.29) is 5.91 Å². The fourth-order valence-electron chi connectivity index (χ4n) is 2.20. The van der Waals surface area contributed by atoms with Crippen LogP contribution >= 0.6 is 0 Å². The molecule has 1 saturated heterocycles. The predicted molar refractivity (Wildman–Crippen MR) is 61.4 cm³/mol. The van der Waals surface area contributed by atoms with Crippen LogP contribution < -0.4 is 0 Å². The number of nitriles is 1. The van der Waals surface area contributed by atoms with E-state index in [0.717, 1.165) is 32.4 Å². The first-order valence-electron chi connectivity index (χ1n) is 6.12. The fourth-order valence-corrected chi connectivity index (χ4v) is 2.20. The van der Waals surface area contributed by atoms with E-state index in [0.29, 0.717) is 17.4 Å². The standard InChI is InChI=1S/C13H18N2O/c1-10-3-2-6-15(9-10)13(16)12(8-14)7-11-4-5-11/h7,10-11H,2-6,9H2,1H3/b12-7+. The molecule has 1 unspecified atom stereocenters. The van der Waals surface area contributed by atoms with E-state index in [1.165, 1.54) is 6.42 Å². The largest absolute Gasteiger partial charge is 0.338 e. The van der Waals surface area contributed by atoms with Crippen molar-refractivity contribution >= 4 is 5.91 Å². The van der Waals surface area contributed by atoms with E-state index < -0.39 is 0 Å². The minimum atomic E-state index is -0.0547. The van der Waals surface area contributed by atoms with Crippen LogP contribution in [0.15, 0.2) is 11.6 Å². The Hall–Kier alpha value is -1.30. The fraction of sp³-hybridized carbons (Fsp3) is 0.692. The van der Waals surface area contributed by atoms with Crippen molar-refractivity contribution in [1.82, 2.24) is 4.90 Å². The smallest absolute Gasteiger partial charge is 0.264 e. The van der Waals surface area contributed by atoms with Gasteiger partial charge in [0.25, 0.3) is 5.91 Å². The molecule has 1 heterocycles. The number of carbonyl (C=O) groups excluding carboxylic acids is 1. The van der Waals surface area contributed by atoms with Gasteiger partial charge >= 0.3 is 0 Å². The molecule has 0 spiro atoms. The molecular formula is C13H18N2O. The lowest BCUT2D eigenvalue weighted by atomic mass is 9.99. The van der Waals surface area contributed by atoms with Crippen molar-refractivity contribution in [3.8, 4) is 6.07 Å². The molecule has 16 heavy (non-hydrogen) atoms. The number of piperidine rings is 1. The summed E-state index contributed by atoms with van der Waals surface area (Å²) in [5.41, 5.74) is 0.358. The summed E-state index contributed by atoms with van der Waals surface area (Å²) in [5.74, 6) is 1.00. The second-order valence-electron chi connectivity index (χ2n) is 5.03. The molecule has 3 nitrogen and oxygen atoms in total. The van der Waals surface area contributed by atoms with Gasteiger partial charge in [-0.15, -0.1) is 0 Å². The lowest BCUT2D eigenvalue weighted by molar-refractivity contribution is -0.128. The average molecular weight is 218 g/mol. The summed E-state index contributed by atoms with van der Waals surface area (Å²) in [4.78, 5) is 13.9. The highest BCUT2D eigenvalue weighted by molar-refractivity contribution is 5.97. The molecule has 0 aromatic rings. The molecule has 0 bridgehead atoms. The van der Waals surface area contributed by atoms with Crippen LogP contribution in [0.25, 0.3) is 0 Å². The Balaban J connectivity index is 2.02. The van der Waals surface area contributed by atoms with E-state index in [2.05, 4.69) is 13.0 Å². The molecule has 2 fully saturated rings. The second kappa shape index (κ2) is 4.69. The van der Waals surface area contributed by atoms with Crippen LogP contribution in [-0.2, 0) is 4.79 Å². The van der Waals surface area contributed by atoms with E-state index in [4.69, 9.17) is 5.26 Å².